The van der Waals surface area contributed by atoms with Crippen molar-refractivity contribution in [3.8, 4) is 5.75 Å². The number of aromatic hydroxyl groups is 1. The molecule has 150 valence electrons. The average molecular weight is 421 g/mol. The molecule has 1 N–H and O–H groups in total. The highest BCUT2D eigenvalue weighted by Crippen LogP contribution is 2.23. The number of likely N-dealkylation sites (N-methyl/N-ethyl adjacent to an activating group) is 1. The van der Waals surface area contributed by atoms with Crippen molar-refractivity contribution in [1.29, 1.82) is 0 Å². The molecule has 1 fully saturated rings. The molecule has 1 atom stereocenters. The third kappa shape index (κ3) is 5.63. The minimum atomic E-state index is 0.0568. The molecular weight excluding hydrogens is 395 g/mol. The quantitative estimate of drug-likeness (QED) is 0.721. The molecular formula is C22H26Cl2N2O2. The van der Waals surface area contributed by atoms with Crippen LogP contribution in [-0.2, 0) is 17.6 Å². The second-order valence-electron chi connectivity index (χ2n) is 7.46. The van der Waals surface area contributed by atoms with Crippen LogP contribution in [0.5, 0.6) is 5.75 Å². The molecule has 1 aliphatic rings. The lowest BCUT2D eigenvalue weighted by molar-refractivity contribution is -0.131. The van der Waals surface area contributed by atoms with Crippen molar-refractivity contribution < 1.29 is 9.90 Å². The SMILES string of the molecule is CN(C(=O)Cc1ccc(Cl)c(Cl)c1)[C@H](Cc1ccc(O)cc1)CN1CCCC1. The zero-order valence-corrected chi connectivity index (χ0v) is 17.6. The zero-order chi connectivity index (χ0) is 20.1. The predicted octanol–water partition coefficient (Wildman–Crippen LogP) is 4.41. The second-order valence-corrected chi connectivity index (χ2v) is 8.28. The lowest BCUT2D eigenvalue weighted by atomic mass is 10.0. The van der Waals surface area contributed by atoms with Gasteiger partial charge in [0.05, 0.1) is 16.5 Å². The van der Waals surface area contributed by atoms with E-state index in [0.29, 0.717) is 16.5 Å². The maximum Gasteiger partial charge on any atom is 0.227 e. The Hall–Kier alpha value is -1.75. The summed E-state index contributed by atoms with van der Waals surface area (Å²) in [6, 6.07) is 12.6. The molecule has 2 aromatic rings. The molecule has 6 heteroatoms. The minimum absolute atomic E-state index is 0.0568. The summed E-state index contributed by atoms with van der Waals surface area (Å²) in [6.07, 6.45) is 3.47. The number of benzene rings is 2. The first kappa shape index (κ1) is 21.0. The Morgan fingerprint density at radius 2 is 1.71 bits per heavy atom. The summed E-state index contributed by atoms with van der Waals surface area (Å²) in [6.45, 7) is 3.02. The molecule has 28 heavy (non-hydrogen) atoms. The number of carbonyl (C=O) groups excluding carboxylic acids is 1. The first-order valence-corrected chi connectivity index (χ1v) is 10.4. The van der Waals surface area contributed by atoms with Crippen molar-refractivity contribution in [2.45, 2.75) is 31.7 Å². The van der Waals surface area contributed by atoms with Crippen LogP contribution in [0.15, 0.2) is 42.5 Å². The molecule has 0 aliphatic carbocycles. The first-order chi connectivity index (χ1) is 13.4. The Kier molecular flexibility index (Phi) is 7.22. The van der Waals surface area contributed by atoms with E-state index in [1.54, 1.807) is 24.3 Å². The van der Waals surface area contributed by atoms with Crippen molar-refractivity contribution in [1.82, 2.24) is 9.80 Å². The molecule has 2 aromatic carbocycles. The third-order valence-corrected chi connectivity index (χ3v) is 6.09. The first-order valence-electron chi connectivity index (χ1n) is 9.62. The molecule has 1 saturated heterocycles. The standard InChI is InChI=1S/C22H26Cl2N2O2/c1-25(22(28)14-17-6-9-20(23)21(24)13-17)18(15-26-10-2-3-11-26)12-16-4-7-19(27)8-5-16/h4-9,13,18,27H,2-3,10-12,14-15H2,1H3/t18-/m1/s1. The number of phenolic OH excluding ortho intramolecular Hbond substituents is 1. The third-order valence-electron chi connectivity index (χ3n) is 5.36. The fourth-order valence-electron chi connectivity index (χ4n) is 3.64. The number of phenols is 1. The van der Waals surface area contributed by atoms with E-state index in [0.717, 1.165) is 37.2 Å². The smallest absolute Gasteiger partial charge is 0.227 e. The van der Waals surface area contributed by atoms with Crippen molar-refractivity contribution in [3.05, 3.63) is 63.6 Å². The largest absolute Gasteiger partial charge is 0.508 e. The monoisotopic (exact) mass is 420 g/mol. The van der Waals surface area contributed by atoms with Crippen LogP contribution in [0.4, 0.5) is 0 Å². The highest BCUT2D eigenvalue weighted by Gasteiger charge is 2.24. The molecule has 1 aliphatic heterocycles. The Morgan fingerprint density at radius 1 is 1.07 bits per heavy atom. The van der Waals surface area contributed by atoms with Crippen LogP contribution in [0.3, 0.4) is 0 Å². The van der Waals surface area contributed by atoms with Crippen LogP contribution in [0.1, 0.15) is 24.0 Å². The fraction of sp³-hybridized carbons (Fsp3) is 0.409. The number of carbonyl (C=O) groups is 1. The second kappa shape index (κ2) is 9.64. The van der Waals surface area contributed by atoms with Crippen molar-refractivity contribution in [2.75, 3.05) is 26.7 Å². The summed E-state index contributed by atoms with van der Waals surface area (Å²) in [4.78, 5) is 17.2. The highest BCUT2D eigenvalue weighted by atomic mass is 35.5. The zero-order valence-electron chi connectivity index (χ0n) is 16.1. The summed E-state index contributed by atoms with van der Waals surface area (Å²) in [5.41, 5.74) is 1.96. The molecule has 1 amide bonds. The molecule has 0 saturated carbocycles. The van der Waals surface area contributed by atoms with Gasteiger partial charge in [-0.05, 0) is 67.7 Å². The lowest BCUT2D eigenvalue weighted by Crippen LogP contribution is -2.46. The van der Waals surface area contributed by atoms with E-state index in [1.165, 1.54) is 12.8 Å². The van der Waals surface area contributed by atoms with E-state index in [1.807, 2.05) is 30.1 Å². The average Bonchev–Trinajstić information content (AvgIpc) is 3.18. The number of likely N-dealkylation sites (tertiary alicyclic amines) is 1. The number of hydrogen-bond donors (Lipinski definition) is 1. The van der Waals surface area contributed by atoms with Gasteiger partial charge in [-0.3, -0.25) is 4.79 Å². The summed E-state index contributed by atoms with van der Waals surface area (Å²) in [5, 5.41) is 10.5. The van der Waals surface area contributed by atoms with E-state index in [-0.39, 0.29) is 17.7 Å². The van der Waals surface area contributed by atoms with Crippen molar-refractivity contribution in [2.24, 2.45) is 0 Å². The maximum atomic E-state index is 13.0. The summed E-state index contributed by atoms with van der Waals surface area (Å²) in [7, 11) is 1.88. The molecule has 0 unspecified atom stereocenters. The fourth-order valence-corrected chi connectivity index (χ4v) is 3.96. The predicted molar refractivity (Wildman–Crippen MR) is 114 cm³/mol. The van der Waals surface area contributed by atoms with Crippen LogP contribution < -0.4 is 0 Å². The minimum Gasteiger partial charge on any atom is -0.508 e. The Balaban J connectivity index is 1.71. The number of nitrogens with zero attached hydrogens (tertiary/aromatic N) is 2. The van der Waals surface area contributed by atoms with Crippen LogP contribution in [-0.4, -0.2) is 53.5 Å². The van der Waals surface area contributed by atoms with Gasteiger partial charge in [0.1, 0.15) is 5.75 Å². The van der Waals surface area contributed by atoms with E-state index in [9.17, 15) is 9.90 Å². The van der Waals surface area contributed by atoms with Gasteiger partial charge < -0.3 is 14.9 Å². The molecule has 0 bridgehead atoms. The van der Waals surface area contributed by atoms with Gasteiger partial charge in [0.15, 0.2) is 0 Å². The number of amides is 1. The Morgan fingerprint density at radius 3 is 2.36 bits per heavy atom. The van der Waals surface area contributed by atoms with Gasteiger partial charge in [0, 0.05) is 19.6 Å². The van der Waals surface area contributed by atoms with Gasteiger partial charge in [0.2, 0.25) is 5.91 Å². The molecule has 1 heterocycles. The molecule has 0 radical (unpaired) electrons. The maximum absolute atomic E-state index is 13.0. The van der Waals surface area contributed by atoms with Gasteiger partial charge in [-0.2, -0.15) is 0 Å². The summed E-state index contributed by atoms with van der Waals surface area (Å²) >= 11 is 12.1. The van der Waals surface area contributed by atoms with E-state index in [4.69, 9.17) is 23.2 Å². The molecule has 0 spiro atoms. The van der Waals surface area contributed by atoms with Crippen molar-refractivity contribution in [3.63, 3.8) is 0 Å². The molecule has 3 rings (SSSR count). The van der Waals surface area contributed by atoms with Gasteiger partial charge in [-0.1, -0.05) is 41.4 Å². The normalized spacial score (nSPS) is 15.5. The topological polar surface area (TPSA) is 43.8 Å². The van der Waals surface area contributed by atoms with Gasteiger partial charge in [0.25, 0.3) is 0 Å². The van der Waals surface area contributed by atoms with Gasteiger partial charge in [-0.25, -0.2) is 0 Å². The summed E-state index contributed by atoms with van der Waals surface area (Å²) in [5.74, 6) is 0.310. The van der Waals surface area contributed by atoms with Gasteiger partial charge in [-0.15, -0.1) is 0 Å². The van der Waals surface area contributed by atoms with E-state index < -0.39 is 0 Å². The lowest BCUT2D eigenvalue weighted by Gasteiger charge is -2.32. The Bertz CT molecular complexity index is 805. The van der Waals surface area contributed by atoms with Crippen LogP contribution >= 0.6 is 23.2 Å². The highest BCUT2D eigenvalue weighted by molar-refractivity contribution is 6.42. The van der Waals surface area contributed by atoms with E-state index in [2.05, 4.69) is 4.90 Å². The molecule has 0 aromatic heterocycles. The Labute approximate surface area is 176 Å². The van der Waals surface area contributed by atoms with Crippen LogP contribution in [0, 0.1) is 0 Å². The molecule has 4 nitrogen and oxygen atoms in total. The van der Waals surface area contributed by atoms with E-state index >= 15 is 0 Å². The van der Waals surface area contributed by atoms with Crippen LogP contribution in [0.25, 0.3) is 0 Å². The van der Waals surface area contributed by atoms with Gasteiger partial charge >= 0.3 is 0 Å². The number of rotatable bonds is 7. The van der Waals surface area contributed by atoms with Crippen molar-refractivity contribution >= 4 is 29.1 Å². The number of hydrogen-bond acceptors (Lipinski definition) is 3. The number of halogens is 2. The summed E-state index contributed by atoms with van der Waals surface area (Å²) < 4.78 is 0. The van der Waals surface area contributed by atoms with Crippen LogP contribution in [0.2, 0.25) is 10.0 Å².